The molecule has 0 aromatic heterocycles. The molecule has 0 saturated carbocycles. The quantitative estimate of drug-likeness (QED) is 0.371. The summed E-state index contributed by atoms with van der Waals surface area (Å²) in [6.07, 6.45) is 7.98. The van der Waals surface area contributed by atoms with E-state index in [1.165, 1.54) is 0 Å². The second kappa shape index (κ2) is 12.8. The Kier molecular flexibility index (Phi) is 12.4. The van der Waals surface area contributed by atoms with Crippen molar-refractivity contribution >= 4 is 5.91 Å². The number of nitrogens with one attached hydrogen (secondary N) is 2. The molecule has 0 aliphatic heterocycles. The van der Waals surface area contributed by atoms with Gasteiger partial charge in [0.25, 0.3) is 0 Å². The first-order valence-corrected chi connectivity index (χ1v) is 7.35. The van der Waals surface area contributed by atoms with Crippen molar-refractivity contribution in [2.24, 2.45) is 0 Å². The van der Waals surface area contributed by atoms with Crippen molar-refractivity contribution < 1.29 is 9.90 Å². The lowest BCUT2D eigenvalue weighted by molar-refractivity contribution is -0.121. The van der Waals surface area contributed by atoms with Crippen molar-refractivity contribution in [3.05, 3.63) is 0 Å². The maximum absolute atomic E-state index is 11.4. The standard InChI is InChI=1S/C14H30N2O2/c1-3-4-7-10-14(18)16-12-9-6-5-8-11-15-13(2)17/h13,15,17H,3-12H2,1-2H3,(H,16,18). The van der Waals surface area contributed by atoms with Gasteiger partial charge in [-0.15, -0.1) is 0 Å². The van der Waals surface area contributed by atoms with Crippen LogP contribution < -0.4 is 10.6 Å². The van der Waals surface area contributed by atoms with Crippen LogP contribution in [-0.4, -0.2) is 30.3 Å². The highest BCUT2D eigenvalue weighted by molar-refractivity contribution is 5.75. The van der Waals surface area contributed by atoms with E-state index in [4.69, 9.17) is 5.11 Å². The maximum atomic E-state index is 11.4. The Balaban J connectivity index is 3.12. The molecule has 0 radical (unpaired) electrons. The number of aliphatic hydroxyl groups excluding tert-OH is 1. The number of rotatable bonds is 12. The van der Waals surface area contributed by atoms with Crippen LogP contribution in [0.3, 0.4) is 0 Å². The molecule has 0 spiro atoms. The number of carbonyl (C=O) groups excluding carboxylic acids is 1. The van der Waals surface area contributed by atoms with Crippen LogP contribution in [0.15, 0.2) is 0 Å². The van der Waals surface area contributed by atoms with Gasteiger partial charge in [-0.25, -0.2) is 0 Å². The van der Waals surface area contributed by atoms with E-state index in [0.29, 0.717) is 6.42 Å². The van der Waals surface area contributed by atoms with Gasteiger partial charge >= 0.3 is 0 Å². The predicted molar refractivity (Wildman–Crippen MR) is 75.3 cm³/mol. The Bertz CT molecular complexity index is 196. The highest BCUT2D eigenvalue weighted by atomic mass is 16.3. The van der Waals surface area contributed by atoms with Crippen LogP contribution >= 0.6 is 0 Å². The number of hydrogen-bond acceptors (Lipinski definition) is 3. The minimum absolute atomic E-state index is 0.194. The summed E-state index contributed by atoms with van der Waals surface area (Å²) in [7, 11) is 0. The van der Waals surface area contributed by atoms with Gasteiger partial charge in [-0.3, -0.25) is 10.1 Å². The molecule has 0 heterocycles. The van der Waals surface area contributed by atoms with E-state index in [-0.39, 0.29) is 5.91 Å². The zero-order valence-corrected chi connectivity index (χ0v) is 12.0. The van der Waals surface area contributed by atoms with Gasteiger partial charge in [0, 0.05) is 13.0 Å². The highest BCUT2D eigenvalue weighted by Crippen LogP contribution is 2.00. The normalized spacial score (nSPS) is 12.4. The van der Waals surface area contributed by atoms with Crippen molar-refractivity contribution in [2.45, 2.75) is 71.4 Å². The first kappa shape index (κ1) is 17.4. The predicted octanol–water partition coefficient (Wildman–Crippen LogP) is 2.17. The van der Waals surface area contributed by atoms with Crippen LogP contribution in [0.1, 0.15) is 65.2 Å². The monoisotopic (exact) mass is 258 g/mol. The lowest BCUT2D eigenvalue weighted by atomic mass is 10.2. The maximum Gasteiger partial charge on any atom is 0.219 e. The lowest BCUT2D eigenvalue weighted by Gasteiger charge is -2.07. The highest BCUT2D eigenvalue weighted by Gasteiger charge is 1.99. The molecule has 18 heavy (non-hydrogen) atoms. The van der Waals surface area contributed by atoms with Crippen molar-refractivity contribution in [3.63, 3.8) is 0 Å². The Morgan fingerprint density at radius 1 is 1.06 bits per heavy atom. The van der Waals surface area contributed by atoms with Gasteiger partial charge in [0.15, 0.2) is 0 Å². The molecule has 0 bridgehead atoms. The van der Waals surface area contributed by atoms with Crippen LogP contribution in [0.2, 0.25) is 0 Å². The number of carbonyl (C=O) groups is 1. The molecule has 0 fully saturated rings. The summed E-state index contributed by atoms with van der Waals surface area (Å²) < 4.78 is 0. The average Bonchev–Trinajstić information content (AvgIpc) is 2.32. The molecule has 0 saturated heterocycles. The van der Waals surface area contributed by atoms with Crippen LogP contribution in [0.25, 0.3) is 0 Å². The van der Waals surface area contributed by atoms with Gasteiger partial charge < -0.3 is 10.4 Å². The van der Waals surface area contributed by atoms with Crippen molar-refractivity contribution in [3.8, 4) is 0 Å². The third-order valence-corrected chi connectivity index (χ3v) is 2.87. The van der Waals surface area contributed by atoms with Crippen molar-refractivity contribution in [2.75, 3.05) is 13.1 Å². The van der Waals surface area contributed by atoms with Crippen molar-refractivity contribution in [1.29, 1.82) is 0 Å². The summed E-state index contributed by atoms with van der Waals surface area (Å²) in [5.41, 5.74) is 0. The number of hydrogen-bond donors (Lipinski definition) is 3. The first-order valence-electron chi connectivity index (χ1n) is 7.35. The number of unbranched alkanes of at least 4 members (excludes halogenated alkanes) is 5. The van der Waals surface area contributed by atoms with E-state index >= 15 is 0 Å². The largest absolute Gasteiger partial charge is 0.379 e. The average molecular weight is 258 g/mol. The van der Waals surface area contributed by atoms with Gasteiger partial charge in [-0.1, -0.05) is 32.6 Å². The Morgan fingerprint density at radius 2 is 1.72 bits per heavy atom. The Hall–Kier alpha value is -0.610. The van der Waals surface area contributed by atoms with E-state index in [1.807, 2.05) is 0 Å². The van der Waals surface area contributed by atoms with Crippen molar-refractivity contribution in [1.82, 2.24) is 10.6 Å². The third-order valence-electron chi connectivity index (χ3n) is 2.87. The minimum atomic E-state index is -0.410. The van der Waals surface area contributed by atoms with Crippen LogP contribution in [-0.2, 0) is 4.79 Å². The topological polar surface area (TPSA) is 61.4 Å². The zero-order valence-electron chi connectivity index (χ0n) is 12.0. The van der Waals surface area contributed by atoms with Crippen LogP contribution in [0.5, 0.6) is 0 Å². The summed E-state index contributed by atoms with van der Waals surface area (Å²) in [5.74, 6) is 0.194. The molecule has 0 aliphatic carbocycles. The number of amides is 1. The summed E-state index contributed by atoms with van der Waals surface area (Å²) in [6, 6.07) is 0. The minimum Gasteiger partial charge on any atom is -0.379 e. The molecule has 4 nitrogen and oxygen atoms in total. The molecule has 1 amide bonds. The molecule has 1 atom stereocenters. The van der Waals surface area contributed by atoms with Crippen LogP contribution in [0.4, 0.5) is 0 Å². The van der Waals surface area contributed by atoms with Gasteiger partial charge in [-0.05, 0) is 32.7 Å². The second-order valence-electron chi connectivity index (χ2n) is 4.85. The molecule has 0 aliphatic rings. The first-order chi connectivity index (χ1) is 8.66. The second-order valence-corrected chi connectivity index (χ2v) is 4.85. The Labute approximate surface area is 112 Å². The van der Waals surface area contributed by atoms with E-state index in [9.17, 15) is 4.79 Å². The molecule has 0 aromatic rings. The van der Waals surface area contributed by atoms with Gasteiger partial charge in [0.1, 0.15) is 6.23 Å². The molecule has 1 unspecified atom stereocenters. The fraction of sp³-hybridized carbons (Fsp3) is 0.929. The molecule has 3 N–H and O–H groups in total. The SMILES string of the molecule is CCCCCC(=O)NCCCCCCNC(C)O. The molecule has 0 rings (SSSR count). The summed E-state index contributed by atoms with van der Waals surface area (Å²) in [4.78, 5) is 11.4. The van der Waals surface area contributed by atoms with E-state index < -0.39 is 6.23 Å². The number of aliphatic hydroxyl groups is 1. The summed E-state index contributed by atoms with van der Waals surface area (Å²) >= 11 is 0. The lowest BCUT2D eigenvalue weighted by Crippen LogP contribution is -2.26. The third kappa shape index (κ3) is 13.5. The van der Waals surface area contributed by atoms with Gasteiger partial charge in [-0.2, -0.15) is 0 Å². The zero-order chi connectivity index (χ0) is 13.6. The summed E-state index contributed by atoms with van der Waals surface area (Å²) in [6.45, 7) is 5.54. The fourth-order valence-corrected chi connectivity index (χ4v) is 1.77. The molecule has 108 valence electrons. The van der Waals surface area contributed by atoms with Gasteiger partial charge in [0.05, 0.1) is 0 Å². The van der Waals surface area contributed by atoms with E-state index in [1.54, 1.807) is 6.92 Å². The summed E-state index contributed by atoms with van der Waals surface area (Å²) in [5, 5.41) is 14.9. The molecule has 0 aromatic carbocycles. The van der Waals surface area contributed by atoms with E-state index in [0.717, 1.165) is 58.0 Å². The fourth-order valence-electron chi connectivity index (χ4n) is 1.77. The molecular weight excluding hydrogens is 228 g/mol. The van der Waals surface area contributed by atoms with Gasteiger partial charge in [0.2, 0.25) is 5.91 Å². The molecular formula is C14H30N2O2. The Morgan fingerprint density at radius 3 is 2.33 bits per heavy atom. The van der Waals surface area contributed by atoms with E-state index in [2.05, 4.69) is 17.6 Å². The smallest absolute Gasteiger partial charge is 0.219 e. The van der Waals surface area contributed by atoms with Crippen LogP contribution in [0, 0.1) is 0 Å². The molecule has 4 heteroatoms.